The van der Waals surface area contributed by atoms with Crippen molar-refractivity contribution in [2.45, 2.75) is 39.2 Å². The number of fused-ring (bicyclic) bond motifs is 1. The second-order valence-corrected chi connectivity index (χ2v) is 4.89. The number of carbonyl (C=O) groups is 1. The summed E-state index contributed by atoms with van der Waals surface area (Å²) in [6.07, 6.45) is 4.51. The molecule has 1 amide bonds. The summed E-state index contributed by atoms with van der Waals surface area (Å²) in [5, 5.41) is 7.52. The number of halogens is 1. The Hall–Kier alpha value is -1.66. The number of hydrogen-bond acceptors (Lipinski definition) is 5. The molecule has 0 aliphatic heterocycles. The zero-order valence-corrected chi connectivity index (χ0v) is 13.1. The van der Waals surface area contributed by atoms with Crippen molar-refractivity contribution >= 4 is 29.4 Å². The molecule has 0 saturated carbocycles. The lowest BCUT2D eigenvalue weighted by Crippen LogP contribution is -2.40. The Kier molecular flexibility index (Phi) is 6.58. The van der Waals surface area contributed by atoms with Crippen LogP contribution in [0.1, 0.15) is 42.2 Å². The molecule has 2 aromatic rings. The van der Waals surface area contributed by atoms with Crippen LogP contribution in [0, 0.1) is 6.92 Å². The molecule has 0 fully saturated rings. The van der Waals surface area contributed by atoms with Gasteiger partial charge in [0, 0.05) is 18.8 Å². The number of amides is 1. The van der Waals surface area contributed by atoms with Gasteiger partial charge in [0.25, 0.3) is 11.6 Å². The zero-order chi connectivity index (χ0) is 14.5. The molecule has 6 nitrogen and oxygen atoms in total. The molecule has 0 aromatic carbocycles. The van der Waals surface area contributed by atoms with Crippen molar-refractivity contribution < 1.29 is 9.32 Å². The van der Waals surface area contributed by atoms with Crippen molar-refractivity contribution in [2.24, 2.45) is 5.73 Å². The van der Waals surface area contributed by atoms with E-state index in [1.807, 2.05) is 6.92 Å². The van der Waals surface area contributed by atoms with Crippen LogP contribution in [0.3, 0.4) is 0 Å². The summed E-state index contributed by atoms with van der Waals surface area (Å²) in [5.74, 6) is -0.161. The van der Waals surface area contributed by atoms with E-state index in [0.717, 1.165) is 30.3 Å². The summed E-state index contributed by atoms with van der Waals surface area (Å²) < 4.78 is 5.03. The van der Waals surface area contributed by atoms with Crippen molar-refractivity contribution in [3.05, 3.63) is 23.5 Å². The van der Waals surface area contributed by atoms with Crippen LogP contribution in [-0.2, 0) is 0 Å². The number of aromatic nitrogens is 2. The number of aryl methyl sites for hydroxylation is 1. The maximum atomic E-state index is 12.2. The highest BCUT2D eigenvalue weighted by atomic mass is 35.5. The van der Waals surface area contributed by atoms with E-state index in [1.54, 1.807) is 6.07 Å². The van der Waals surface area contributed by atoms with Gasteiger partial charge in [-0.15, -0.1) is 12.4 Å². The van der Waals surface area contributed by atoms with E-state index in [2.05, 4.69) is 22.4 Å². The average molecular weight is 313 g/mol. The highest BCUT2D eigenvalue weighted by Crippen LogP contribution is 2.16. The predicted octanol–water partition coefficient (Wildman–Crippen LogP) is 2.20. The maximum Gasteiger partial charge on any atom is 0.257 e. The lowest BCUT2D eigenvalue weighted by atomic mass is 10.1. The van der Waals surface area contributed by atoms with E-state index in [-0.39, 0.29) is 24.4 Å². The number of carbonyl (C=O) groups excluding carboxylic acids is 1. The normalized spacial score (nSPS) is 12.0. The van der Waals surface area contributed by atoms with Gasteiger partial charge in [0.15, 0.2) is 0 Å². The van der Waals surface area contributed by atoms with Crippen LogP contribution in [0.5, 0.6) is 0 Å². The molecule has 21 heavy (non-hydrogen) atoms. The fourth-order valence-electron chi connectivity index (χ4n) is 2.04. The Morgan fingerprint density at radius 3 is 2.95 bits per heavy atom. The Morgan fingerprint density at radius 1 is 1.52 bits per heavy atom. The Balaban J connectivity index is 0.00000220. The van der Waals surface area contributed by atoms with E-state index in [9.17, 15) is 4.79 Å². The van der Waals surface area contributed by atoms with E-state index < -0.39 is 0 Å². The Labute approximate surface area is 129 Å². The smallest absolute Gasteiger partial charge is 0.257 e. The molecule has 7 heteroatoms. The number of nitrogens with one attached hydrogen (secondary N) is 1. The topological polar surface area (TPSA) is 94.0 Å². The summed E-state index contributed by atoms with van der Waals surface area (Å²) in [4.78, 5) is 16.3. The van der Waals surface area contributed by atoms with Gasteiger partial charge in [-0.3, -0.25) is 4.79 Å². The Bertz CT molecular complexity index is 600. The summed E-state index contributed by atoms with van der Waals surface area (Å²) in [7, 11) is 0. The molecule has 2 heterocycles. The number of hydrogen-bond donors (Lipinski definition) is 2. The molecule has 0 bridgehead atoms. The fourth-order valence-corrected chi connectivity index (χ4v) is 2.04. The first-order valence-electron chi connectivity index (χ1n) is 6.88. The minimum Gasteiger partial charge on any atom is -0.348 e. The van der Waals surface area contributed by atoms with Gasteiger partial charge in [-0.05, 0) is 19.4 Å². The molecule has 3 N–H and O–H groups in total. The van der Waals surface area contributed by atoms with Crippen molar-refractivity contribution in [1.29, 1.82) is 0 Å². The molecule has 2 aromatic heterocycles. The summed E-state index contributed by atoms with van der Waals surface area (Å²) in [5.41, 5.74) is 7.35. The fraction of sp³-hybridized carbons (Fsp3) is 0.500. The van der Waals surface area contributed by atoms with Gasteiger partial charge in [-0.1, -0.05) is 24.9 Å². The second kappa shape index (κ2) is 7.95. The van der Waals surface area contributed by atoms with Gasteiger partial charge >= 0.3 is 0 Å². The van der Waals surface area contributed by atoms with Crippen LogP contribution >= 0.6 is 12.4 Å². The first kappa shape index (κ1) is 17.4. The van der Waals surface area contributed by atoms with Crippen molar-refractivity contribution in [3.8, 4) is 0 Å². The van der Waals surface area contributed by atoms with Crippen LogP contribution in [-0.4, -0.2) is 28.6 Å². The third-order valence-electron chi connectivity index (χ3n) is 3.30. The average Bonchev–Trinajstić information content (AvgIpc) is 2.84. The standard InChI is InChI=1S/C14H20N4O2.ClH/c1-3-4-5-11(7-15)17-13(19)10-6-12-9(2)18-20-14(12)16-8-10;/h6,8,11H,3-5,7,15H2,1-2H3,(H,17,19);1H. The SMILES string of the molecule is CCCCC(CN)NC(=O)c1cnc2onc(C)c2c1.Cl. The number of pyridine rings is 1. The van der Waals surface area contributed by atoms with Gasteiger partial charge in [0.1, 0.15) is 0 Å². The van der Waals surface area contributed by atoms with Crippen molar-refractivity contribution in [3.63, 3.8) is 0 Å². The lowest BCUT2D eigenvalue weighted by molar-refractivity contribution is 0.0935. The molecule has 0 aliphatic carbocycles. The molecular weight excluding hydrogens is 292 g/mol. The monoisotopic (exact) mass is 312 g/mol. The molecule has 0 saturated heterocycles. The van der Waals surface area contributed by atoms with E-state index in [1.165, 1.54) is 6.20 Å². The molecule has 0 radical (unpaired) electrons. The maximum absolute atomic E-state index is 12.2. The van der Waals surface area contributed by atoms with Crippen LogP contribution in [0.15, 0.2) is 16.8 Å². The van der Waals surface area contributed by atoms with E-state index >= 15 is 0 Å². The number of nitrogens with two attached hydrogens (primary N) is 1. The van der Waals surface area contributed by atoms with E-state index in [0.29, 0.717) is 17.8 Å². The van der Waals surface area contributed by atoms with Crippen LogP contribution in [0.2, 0.25) is 0 Å². The molecule has 1 unspecified atom stereocenters. The minimum absolute atomic E-state index is 0. The van der Waals surface area contributed by atoms with Crippen LogP contribution in [0.4, 0.5) is 0 Å². The zero-order valence-electron chi connectivity index (χ0n) is 12.3. The highest BCUT2D eigenvalue weighted by molar-refractivity contribution is 5.97. The summed E-state index contributed by atoms with van der Waals surface area (Å²) in [6.45, 7) is 4.37. The highest BCUT2D eigenvalue weighted by Gasteiger charge is 2.14. The van der Waals surface area contributed by atoms with Gasteiger partial charge in [0.2, 0.25) is 0 Å². The third-order valence-corrected chi connectivity index (χ3v) is 3.30. The first-order chi connectivity index (χ1) is 9.65. The van der Waals surface area contributed by atoms with Gasteiger partial charge < -0.3 is 15.6 Å². The molecule has 1 atom stereocenters. The Morgan fingerprint density at radius 2 is 2.29 bits per heavy atom. The predicted molar refractivity (Wildman–Crippen MR) is 83.6 cm³/mol. The molecule has 116 valence electrons. The van der Waals surface area contributed by atoms with Crippen LogP contribution in [0.25, 0.3) is 11.1 Å². The summed E-state index contributed by atoms with van der Waals surface area (Å²) in [6, 6.07) is 1.75. The minimum atomic E-state index is -0.161. The van der Waals surface area contributed by atoms with Gasteiger partial charge in [-0.25, -0.2) is 4.98 Å². The first-order valence-corrected chi connectivity index (χ1v) is 6.88. The van der Waals surface area contributed by atoms with Crippen molar-refractivity contribution in [2.75, 3.05) is 6.54 Å². The number of nitrogens with zero attached hydrogens (tertiary/aromatic N) is 2. The van der Waals surface area contributed by atoms with Crippen LogP contribution < -0.4 is 11.1 Å². The number of unbranched alkanes of at least 4 members (excludes halogenated alkanes) is 1. The largest absolute Gasteiger partial charge is 0.348 e. The molecule has 0 spiro atoms. The molecule has 2 rings (SSSR count). The van der Waals surface area contributed by atoms with Gasteiger partial charge in [-0.2, -0.15) is 0 Å². The lowest BCUT2D eigenvalue weighted by Gasteiger charge is -2.16. The quantitative estimate of drug-likeness (QED) is 0.852. The molecular formula is C14H21ClN4O2. The van der Waals surface area contributed by atoms with E-state index in [4.69, 9.17) is 10.3 Å². The van der Waals surface area contributed by atoms with Gasteiger partial charge in [0.05, 0.1) is 16.6 Å². The third kappa shape index (κ3) is 4.15. The number of rotatable bonds is 6. The second-order valence-electron chi connectivity index (χ2n) is 4.89. The summed E-state index contributed by atoms with van der Waals surface area (Å²) >= 11 is 0. The molecule has 0 aliphatic rings. The van der Waals surface area contributed by atoms with Crippen molar-refractivity contribution in [1.82, 2.24) is 15.5 Å².